The molecule has 0 fully saturated rings. The molecule has 1 atom stereocenters. The van der Waals surface area contributed by atoms with Crippen molar-refractivity contribution in [1.82, 2.24) is 4.90 Å². The summed E-state index contributed by atoms with van der Waals surface area (Å²) in [6.07, 6.45) is 0. The summed E-state index contributed by atoms with van der Waals surface area (Å²) in [5.41, 5.74) is 0. The summed E-state index contributed by atoms with van der Waals surface area (Å²) in [6, 6.07) is 0. The van der Waals surface area contributed by atoms with Crippen LogP contribution in [0.5, 0.6) is 0 Å². The molecule has 0 aliphatic rings. The van der Waals surface area contributed by atoms with E-state index >= 15 is 0 Å². The standard InChI is InChI=1S/C7H15NO3P/c1-4-8(5-2)7(9)6-11-12(3)10/h4-6H2,1-3H3/q+1. The van der Waals surface area contributed by atoms with E-state index in [0.29, 0.717) is 13.1 Å². The molecule has 0 aliphatic carbocycles. The molecule has 0 saturated carbocycles. The molecule has 0 aliphatic heterocycles. The van der Waals surface area contributed by atoms with Crippen LogP contribution in [0.4, 0.5) is 0 Å². The predicted molar refractivity (Wildman–Crippen MR) is 47.4 cm³/mol. The van der Waals surface area contributed by atoms with Gasteiger partial charge in [0.1, 0.15) is 0 Å². The quantitative estimate of drug-likeness (QED) is 0.616. The van der Waals surface area contributed by atoms with Crippen molar-refractivity contribution in [2.24, 2.45) is 0 Å². The molecule has 4 nitrogen and oxygen atoms in total. The number of amides is 1. The van der Waals surface area contributed by atoms with Gasteiger partial charge in [0, 0.05) is 13.1 Å². The second kappa shape index (κ2) is 6.09. The fourth-order valence-corrected chi connectivity index (χ4v) is 1.11. The molecule has 0 aromatic heterocycles. The van der Waals surface area contributed by atoms with E-state index in [1.807, 2.05) is 13.8 Å². The molecule has 1 amide bonds. The Kier molecular flexibility index (Phi) is 5.85. The van der Waals surface area contributed by atoms with Gasteiger partial charge in [0.25, 0.3) is 5.91 Å². The average Bonchev–Trinajstić information content (AvgIpc) is 2.03. The molecular weight excluding hydrogens is 177 g/mol. The Bertz CT molecular complexity index is 168. The maximum atomic E-state index is 11.2. The lowest BCUT2D eigenvalue weighted by Crippen LogP contribution is -2.32. The van der Waals surface area contributed by atoms with Crippen LogP contribution in [0.15, 0.2) is 0 Å². The monoisotopic (exact) mass is 192 g/mol. The summed E-state index contributed by atoms with van der Waals surface area (Å²) in [4.78, 5) is 12.8. The van der Waals surface area contributed by atoms with Gasteiger partial charge < -0.3 is 4.90 Å². The summed E-state index contributed by atoms with van der Waals surface area (Å²) >= 11 is 0. The maximum Gasteiger partial charge on any atom is 0.505 e. The molecule has 0 bridgehead atoms. The second-order valence-electron chi connectivity index (χ2n) is 2.28. The van der Waals surface area contributed by atoms with Gasteiger partial charge in [-0.3, -0.25) is 4.79 Å². The number of carbonyl (C=O) groups is 1. The summed E-state index contributed by atoms with van der Waals surface area (Å²) in [6.45, 7) is 6.48. The van der Waals surface area contributed by atoms with Crippen LogP contribution in [0.2, 0.25) is 0 Å². The smallest absolute Gasteiger partial charge is 0.341 e. The van der Waals surface area contributed by atoms with E-state index < -0.39 is 8.03 Å². The van der Waals surface area contributed by atoms with Gasteiger partial charge in [-0.2, -0.15) is 0 Å². The third-order valence-corrected chi connectivity index (χ3v) is 1.98. The van der Waals surface area contributed by atoms with Gasteiger partial charge in [0.05, 0.1) is 0 Å². The van der Waals surface area contributed by atoms with Crippen LogP contribution < -0.4 is 0 Å². The van der Waals surface area contributed by atoms with Crippen molar-refractivity contribution >= 4 is 13.9 Å². The van der Waals surface area contributed by atoms with E-state index in [9.17, 15) is 9.36 Å². The van der Waals surface area contributed by atoms with Crippen molar-refractivity contribution in [3.63, 3.8) is 0 Å². The summed E-state index contributed by atoms with van der Waals surface area (Å²) < 4.78 is 15.2. The predicted octanol–water partition coefficient (Wildman–Crippen LogP) is 1.24. The van der Waals surface area contributed by atoms with Crippen molar-refractivity contribution in [3.8, 4) is 0 Å². The molecule has 12 heavy (non-hydrogen) atoms. The minimum absolute atomic E-state index is 0.0760. The van der Waals surface area contributed by atoms with Crippen LogP contribution in [0.25, 0.3) is 0 Å². The highest BCUT2D eigenvalue weighted by Crippen LogP contribution is 2.14. The number of likely N-dealkylation sites (N-methyl/N-ethyl adjacent to an activating group) is 1. The second-order valence-corrected chi connectivity index (χ2v) is 3.42. The first-order chi connectivity index (χ1) is 5.61. The number of nitrogens with zero attached hydrogens (tertiary/aromatic N) is 1. The third-order valence-electron chi connectivity index (χ3n) is 1.49. The lowest BCUT2D eigenvalue weighted by Gasteiger charge is -2.16. The third kappa shape index (κ3) is 4.42. The highest BCUT2D eigenvalue weighted by molar-refractivity contribution is 7.38. The van der Waals surface area contributed by atoms with E-state index in [4.69, 9.17) is 4.52 Å². The van der Waals surface area contributed by atoms with Crippen LogP contribution in [-0.4, -0.2) is 37.2 Å². The number of rotatable bonds is 5. The first kappa shape index (κ1) is 11.5. The highest BCUT2D eigenvalue weighted by atomic mass is 31.1. The SMILES string of the molecule is CCN(CC)C(=O)CO[P+](C)=O. The molecule has 0 spiro atoms. The Morgan fingerprint density at radius 3 is 2.25 bits per heavy atom. The molecule has 0 aromatic rings. The number of carbonyl (C=O) groups excluding carboxylic acids is 1. The largest absolute Gasteiger partial charge is 0.505 e. The van der Waals surface area contributed by atoms with Crippen LogP contribution in [0.3, 0.4) is 0 Å². The van der Waals surface area contributed by atoms with Crippen LogP contribution >= 0.6 is 8.03 Å². The number of hydrogen-bond acceptors (Lipinski definition) is 3. The molecule has 0 saturated heterocycles. The fourth-order valence-electron chi connectivity index (χ4n) is 0.814. The zero-order chi connectivity index (χ0) is 9.56. The van der Waals surface area contributed by atoms with Gasteiger partial charge in [-0.25, -0.2) is 0 Å². The average molecular weight is 192 g/mol. The minimum Gasteiger partial charge on any atom is -0.341 e. The minimum atomic E-state index is -1.67. The topological polar surface area (TPSA) is 46.6 Å². The van der Waals surface area contributed by atoms with Crippen LogP contribution in [-0.2, 0) is 13.9 Å². The molecule has 1 unspecified atom stereocenters. The summed E-state index contributed by atoms with van der Waals surface area (Å²) in [5.74, 6) is -0.106. The van der Waals surface area contributed by atoms with Crippen molar-refractivity contribution in [3.05, 3.63) is 0 Å². The van der Waals surface area contributed by atoms with Gasteiger partial charge in [-0.15, -0.1) is 4.52 Å². The van der Waals surface area contributed by atoms with Crippen molar-refractivity contribution < 1.29 is 13.9 Å². The molecule has 0 N–H and O–H groups in total. The van der Waals surface area contributed by atoms with E-state index in [-0.39, 0.29) is 12.5 Å². The fraction of sp³-hybridized carbons (Fsp3) is 0.857. The number of hydrogen-bond donors (Lipinski definition) is 0. The summed E-state index contributed by atoms with van der Waals surface area (Å²) in [5, 5.41) is 0. The van der Waals surface area contributed by atoms with Crippen molar-refractivity contribution in [2.45, 2.75) is 13.8 Å². The first-order valence-electron chi connectivity index (χ1n) is 3.93. The van der Waals surface area contributed by atoms with Crippen LogP contribution in [0.1, 0.15) is 13.8 Å². The van der Waals surface area contributed by atoms with Gasteiger partial charge in [-0.1, -0.05) is 0 Å². The van der Waals surface area contributed by atoms with Gasteiger partial charge >= 0.3 is 8.03 Å². The van der Waals surface area contributed by atoms with E-state index in [1.165, 1.54) is 6.66 Å². The van der Waals surface area contributed by atoms with Gasteiger partial charge in [-0.05, 0) is 18.4 Å². The van der Waals surface area contributed by atoms with E-state index in [0.717, 1.165) is 0 Å². The molecular formula is C7H15NO3P+. The lowest BCUT2D eigenvalue weighted by molar-refractivity contribution is -0.132. The van der Waals surface area contributed by atoms with Gasteiger partial charge in [0.2, 0.25) is 0 Å². The molecule has 0 heterocycles. The maximum absolute atomic E-state index is 11.2. The first-order valence-corrected chi connectivity index (χ1v) is 5.55. The molecule has 5 heteroatoms. The Morgan fingerprint density at radius 1 is 1.42 bits per heavy atom. The molecule has 0 aromatic carbocycles. The van der Waals surface area contributed by atoms with Crippen molar-refractivity contribution in [1.29, 1.82) is 0 Å². The van der Waals surface area contributed by atoms with Crippen molar-refractivity contribution in [2.75, 3.05) is 26.4 Å². The van der Waals surface area contributed by atoms with Crippen LogP contribution in [0, 0.1) is 0 Å². The normalized spacial score (nSPS) is 11.1. The molecule has 0 radical (unpaired) electrons. The zero-order valence-electron chi connectivity index (χ0n) is 7.74. The zero-order valence-corrected chi connectivity index (χ0v) is 8.63. The Balaban J connectivity index is 3.77. The van der Waals surface area contributed by atoms with Gasteiger partial charge in [0.15, 0.2) is 13.3 Å². The van der Waals surface area contributed by atoms with E-state index in [1.54, 1.807) is 4.90 Å². The molecule has 70 valence electrons. The van der Waals surface area contributed by atoms with E-state index in [2.05, 4.69) is 0 Å². The lowest BCUT2D eigenvalue weighted by atomic mass is 10.5. The Labute approximate surface area is 73.8 Å². The molecule has 0 rings (SSSR count). The highest BCUT2D eigenvalue weighted by Gasteiger charge is 2.15. The Morgan fingerprint density at radius 2 is 1.92 bits per heavy atom. The Hall–Kier alpha value is -0.470. The summed E-state index contributed by atoms with van der Waals surface area (Å²) in [7, 11) is -1.67.